The molecule has 27 heavy (non-hydrogen) atoms. The molecule has 2 amide bonds. The highest BCUT2D eigenvalue weighted by molar-refractivity contribution is 7.99. The molecule has 2 heterocycles. The van der Waals surface area contributed by atoms with Crippen molar-refractivity contribution in [3.63, 3.8) is 0 Å². The molecule has 0 atom stereocenters. The first-order valence-electron chi connectivity index (χ1n) is 8.40. The first kappa shape index (κ1) is 19.4. The number of carbonyl (C=O) groups excluding carboxylic acids is 2. The van der Waals surface area contributed by atoms with Crippen LogP contribution in [-0.4, -0.2) is 46.2 Å². The maximum Gasteiger partial charge on any atom is 0.283 e. The molecule has 1 aromatic carbocycles. The maximum absolute atomic E-state index is 12.6. The Kier molecular flexibility index (Phi) is 5.81. The van der Waals surface area contributed by atoms with E-state index in [1.165, 1.54) is 6.07 Å². The zero-order valence-electron chi connectivity index (χ0n) is 15.0. The highest BCUT2D eigenvalue weighted by atomic mass is 32.2. The quantitative estimate of drug-likeness (QED) is 0.618. The van der Waals surface area contributed by atoms with E-state index < -0.39 is 10.8 Å². The smallest absolute Gasteiger partial charge is 0.283 e. The van der Waals surface area contributed by atoms with Crippen molar-refractivity contribution in [2.24, 2.45) is 0 Å². The van der Waals surface area contributed by atoms with Crippen LogP contribution >= 0.6 is 23.1 Å². The molecule has 1 saturated heterocycles. The topological polar surface area (TPSA) is 92.6 Å². The lowest BCUT2D eigenvalue weighted by Gasteiger charge is -2.26. The highest BCUT2D eigenvalue weighted by Gasteiger charge is 2.21. The minimum atomic E-state index is -0.493. The van der Waals surface area contributed by atoms with E-state index in [1.54, 1.807) is 25.1 Å². The fourth-order valence-electron chi connectivity index (χ4n) is 2.84. The van der Waals surface area contributed by atoms with Crippen LogP contribution in [0.15, 0.2) is 24.3 Å². The minimum absolute atomic E-state index is 0.000725. The van der Waals surface area contributed by atoms with Gasteiger partial charge in [-0.25, -0.2) is 0 Å². The molecule has 2 aromatic rings. The molecule has 0 unspecified atom stereocenters. The lowest BCUT2D eigenvalue weighted by atomic mass is 10.1. The number of amides is 2. The molecule has 0 spiro atoms. The van der Waals surface area contributed by atoms with Crippen molar-refractivity contribution in [2.75, 3.05) is 29.9 Å². The van der Waals surface area contributed by atoms with Gasteiger partial charge in [0.15, 0.2) is 0 Å². The number of aryl methyl sites for hydroxylation is 2. The van der Waals surface area contributed by atoms with E-state index in [1.807, 2.05) is 23.6 Å². The summed E-state index contributed by atoms with van der Waals surface area (Å²) in [7, 11) is 0. The first-order valence-corrected chi connectivity index (χ1v) is 10.4. The number of anilines is 1. The molecule has 0 saturated carbocycles. The van der Waals surface area contributed by atoms with Crippen LogP contribution in [-0.2, 0) is 0 Å². The number of hydrogen-bond donors (Lipinski definition) is 1. The Labute approximate surface area is 164 Å². The van der Waals surface area contributed by atoms with Crippen LogP contribution < -0.4 is 5.32 Å². The van der Waals surface area contributed by atoms with Gasteiger partial charge in [0.05, 0.1) is 14.7 Å². The van der Waals surface area contributed by atoms with Crippen LogP contribution in [0.2, 0.25) is 0 Å². The third-order valence-electron chi connectivity index (χ3n) is 4.33. The third kappa shape index (κ3) is 4.30. The van der Waals surface area contributed by atoms with Crippen LogP contribution in [0, 0.1) is 24.0 Å². The van der Waals surface area contributed by atoms with Gasteiger partial charge in [0, 0.05) is 41.9 Å². The van der Waals surface area contributed by atoms with E-state index >= 15 is 0 Å². The Balaban J connectivity index is 1.74. The Morgan fingerprint density at radius 3 is 2.48 bits per heavy atom. The minimum Gasteiger partial charge on any atom is -0.337 e. The van der Waals surface area contributed by atoms with Crippen molar-refractivity contribution < 1.29 is 14.5 Å². The molecule has 9 heteroatoms. The van der Waals surface area contributed by atoms with Crippen LogP contribution in [0.5, 0.6) is 0 Å². The van der Waals surface area contributed by atoms with E-state index in [4.69, 9.17) is 0 Å². The molecule has 0 aliphatic carbocycles. The summed E-state index contributed by atoms with van der Waals surface area (Å²) in [6, 6.07) is 6.46. The number of nitrogens with one attached hydrogen (secondary N) is 1. The normalized spacial score (nSPS) is 14.1. The third-order valence-corrected chi connectivity index (χ3v) is 6.31. The number of hydrogen-bond acceptors (Lipinski definition) is 6. The van der Waals surface area contributed by atoms with Gasteiger partial charge in [0.2, 0.25) is 0 Å². The molecular weight excluding hydrogens is 386 g/mol. The Morgan fingerprint density at radius 2 is 1.89 bits per heavy atom. The van der Waals surface area contributed by atoms with Gasteiger partial charge < -0.3 is 10.2 Å². The summed E-state index contributed by atoms with van der Waals surface area (Å²) in [5.41, 5.74) is 1.89. The molecule has 1 aliphatic rings. The van der Waals surface area contributed by atoms with Crippen LogP contribution in [0.1, 0.15) is 30.5 Å². The molecule has 1 fully saturated rings. The van der Waals surface area contributed by atoms with Crippen LogP contribution in [0.4, 0.5) is 11.4 Å². The second kappa shape index (κ2) is 8.10. The van der Waals surface area contributed by atoms with Gasteiger partial charge in [-0.3, -0.25) is 19.7 Å². The number of thiophene rings is 1. The summed E-state index contributed by atoms with van der Waals surface area (Å²) in [4.78, 5) is 38.1. The largest absolute Gasteiger partial charge is 0.337 e. The summed E-state index contributed by atoms with van der Waals surface area (Å²) >= 11 is 2.93. The number of carbonyl (C=O) groups is 2. The molecule has 1 aromatic heterocycles. The maximum atomic E-state index is 12.6. The van der Waals surface area contributed by atoms with Gasteiger partial charge in [-0.2, -0.15) is 11.8 Å². The van der Waals surface area contributed by atoms with E-state index in [0.717, 1.165) is 41.5 Å². The van der Waals surface area contributed by atoms with Gasteiger partial charge in [-0.05, 0) is 37.6 Å². The molecule has 0 radical (unpaired) electrons. The molecule has 0 bridgehead atoms. The van der Waals surface area contributed by atoms with Gasteiger partial charge in [0.25, 0.3) is 17.5 Å². The molecule has 142 valence electrons. The highest BCUT2D eigenvalue weighted by Crippen LogP contribution is 2.29. The fraction of sp³-hybridized carbons (Fsp3) is 0.333. The summed E-state index contributed by atoms with van der Waals surface area (Å²) in [6.07, 6.45) is 0. The van der Waals surface area contributed by atoms with Crippen molar-refractivity contribution in [3.05, 3.63) is 55.3 Å². The second-order valence-corrected chi connectivity index (χ2v) is 8.68. The lowest BCUT2D eigenvalue weighted by Crippen LogP contribution is -2.37. The monoisotopic (exact) mass is 405 g/mol. The predicted octanol–water partition coefficient (Wildman–Crippen LogP) is 3.71. The zero-order chi connectivity index (χ0) is 19.6. The lowest BCUT2D eigenvalue weighted by molar-refractivity contribution is -0.385. The molecule has 7 nitrogen and oxygen atoms in total. The van der Waals surface area contributed by atoms with Crippen molar-refractivity contribution in [3.8, 4) is 0 Å². The first-order chi connectivity index (χ1) is 12.9. The van der Waals surface area contributed by atoms with Crippen LogP contribution in [0.3, 0.4) is 0 Å². The average Bonchev–Trinajstić information content (AvgIpc) is 3.05. The average molecular weight is 406 g/mol. The fourth-order valence-corrected chi connectivity index (χ4v) is 4.62. The summed E-state index contributed by atoms with van der Waals surface area (Å²) < 4.78 is 0. The molecular formula is C18H19N3O4S2. The van der Waals surface area contributed by atoms with E-state index in [-0.39, 0.29) is 16.5 Å². The SMILES string of the molecule is Cc1cc(C(=O)N2CCSCC2)ccc1NC(=O)c1cc([N+](=O)[O-])c(C)s1. The van der Waals surface area contributed by atoms with Crippen molar-refractivity contribution in [2.45, 2.75) is 13.8 Å². The molecule has 1 N–H and O–H groups in total. The summed E-state index contributed by atoms with van der Waals surface area (Å²) in [6.45, 7) is 4.93. The number of nitrogens with zero attached hydrogens (tertiary/aromatic N) is 2. The number of benzene rings is 1. The van der Waals surface area contributed by atoms with Crippen molar-refractivity contribution in [1.29, 1.82) is 0 Å². The predicted molar refractivity (Wildman–Crippen MR) is 108 cm³/mol. The molecule has 3 rings (SSSR count). The van der Waals surface area contributed by atoms with Gasteiger partial charge in [0.1, 0.15) is 0 Å². The zero-order valence-corrected chi connectivity index (χ0v) is 16.6. The Bertz CT molecular complexity index is 904. The van der Waals surface area contributed by atoms with Gasteiger partial charge in [-0.1, -0.05) is 0 Å². The standard InChI is InChI=1S/C18H19N3O4S2/c1-11-9-13(18(23)20-5-7-26-8-6-20)3-4-14(11)19-17(22)16-10-15(21(24)25)12(2)27-16/h3-4,9-10H,5-8H2,1-2H3,(H,19,22). The molecule has 1 aliphatic heterocycles. The van der Waals surface area contributed by atoms with E-state index in [9.17, 15) is 19.7 Å². The Morgan fingerprint density at radius 1 is 1.19 bits per heavy atom. The van der Waals surface area contributed by atoms with Crippen molar-refractivity contribution in [1.82, 2.24) is 4.90 Å². The second-order valence-electron chi connectivity index (χ2n) is 6.20. The number of nitro groups is 1. The van der Waals surface area contributed by atoms with Gasteiger partial charge in [-0.15, -0.1) is 11.3 Å². The van der Waals surface area contributed by atoms with E-state index in [2.05, 4.69) is 5.32 Å². The Hall–Kier alpha value is -2.39. The van der Waals surface area contributed by atoms with Gasteiger partial charge >= 0.3 is 0 Å². The van der Waals surface area contributed by atoms with Crippen LogP contribution in [0.25, 0.3) is 0 Å². The van der Waals surface area contributed by atoms with Crippen molar-refractivity contribution >= 4 is 46.3 Å². The van der Waals surface area contributed by atoms with E-state index in [0.29, 0.717) is 16.1 Å². The summed E-state index contributed by atoms with van der Waals surface area (Å²) in [5, 5.41) is 13.7. The number of rotatable bonds is 4. The summed E-state index contributed by atoms with van der Waals surface area (Å²) in [5.74, 6) is 1.50. The number of thioether (sulfide) groups is 1.